The number of rotatable bonds is 4. The number of anilines is 4. The third kappa shape index (κ3) is 3.47. The molecule has 0 saturated carbocycles. The number of benzene rings is 2. The fourth-order valence-corrected chi connectivity index (χ4v) is 2.66. The van der Waals surface area contributed by atoms with E-state index in [0.717, 1.165) is 34.4 Å². The van der Waals surface area contributed by atoms with E-state index in [9.17, 15) is 0 Å². The van der Waals surface area contributed by atoms with Crippen LogP contribution in [0.5, 0.6) is 11.5 Å². The highest BCUT2D eigenvalue weighted by atomic mass is 16.7. The summed E-state index contributed by atoms with van der Waals surface area (Å²) < 4.78 is 10.7. The molecule has 2 N–H and O–H groups in total. The molecule has 0 aliphatic carbocycles. The monoisotopic (exact) mass is 334 g/mol. The van der Waals surface area contributed by atoms with Gasteiger partial charge in [0.1, 0.15) is 5.82 Å². The van der Waals surface area contributed by atoms with Crippen molar-refractivity contribution in [1.82, 2.24) is 9.97 Å². The second-order valence-electron chi connectivity index (χ2n) is 5.91. The van der Waals surface area contributed by atoms with Crippen LogP contribution in [0.15, 0.2) is 48.5 Å². The predicted octanol–water partition coefficient (Wildman–Crippen LogP) is 4.31. The molecular formula is C19H18N4O2. The number of nitrogens with one attached hydrogen (secondary N) is 2. The molecule has 0 atom stereocenters. The minimum absolute atomic E-state index is 0.254. The van der Waals surface area contributed by atoms with Gasteiger partial charge in [-0.15, -0.1) is 0 Å². The number of aryl methyl sites for hydroxylation is 2. The summed E-state index contributed by atoms with van der Waals surface area (Å²) in [6.07, 6.45) is 0. The summed E-state index contributed by atoms with van der Waals surface area (Å²) in [4.78, 5) is 8.99. The average Bonchev–Trinajstić information content (AvgIpc) is 3.02. The van der Waals surface area contributed by atoms with Gasteiger partial charge in [-0.1, -0.05) is 12.1 Å². The van der Waals surface area contributed by atoms with Crippen LogP contribution < -0.4 is 20.1 Å². The molecule has 0 fully saturated rings. The van der Waals surface area contributed by atoms with Gasteiger partial charge in [0.15, 0.2) is 11.5 Å². The van der Waals surface area contributed by atoms with Gasteiger partial charge in [-0.3, -0.25) is 0 Å². The lowest BCUT2D eigenvalue weighted by Crippen LogP contribution is -2.02. The minimum Gasteiger partial charge on any atom is -0.454 e. The lowest BCUT2D eigenvalue weighted by molar-refractivity contribution is 0.174. The smallest absolute Gasteiger partial charge is 0.231 e. The summed E-state index contributed by atoms with van der Waals surface area (Å²) in [5.41, 5.74) is 3.89. The first-order valence-corrected chi connectivity index (χ1v) is 8.02. The predicted molar refractivity (Wildman–Crippen MR) is 97.1 cm³/mol. The molecule has 3 aromatic rings. The fourth-order valence-electron chi connectivity index (χ4n) is 2.66. The molecule has 6 nitrogen and oxygen atoms in total. The molecular weight excluding hydrogens is 316 g/mol. The normalized spacial score (nSPS) is 12.1. The molecule has 0 unspecified atom stereocenters. The second-order valence-corrected chi connectivity index (χ2v) is 5.91. The molecule has 1 aliphatic heterocycles. The van der Waals surface area contributed by atoms with Gasteiger partial charge in [0.25, 0.3) is 0 Å². The van der Waals surface area contributed by atoms with E-state index in [1.54, 1.807) is 0 Å². The van der Waals surface area contributed by atoms with Crippen molar-refractivity contribution in [2.75, 3.05) is 17.4 Å². The van der Waals surface area contributed by atoms with Gasteiger partial charge in [-0.25, -0.2) is 4.98 Å². The van der Waals surface area contributed by atoms with Crippen LogP contribution in [0.25, 0.3) is 0 Å². The quantitative estimate of drug-likeness (QED) is 0.741. The van der Waals surface area contributed by atoms with Crippen molar-refractivity contribution in [2.45, 2.75) is 13.8 Å². The van der Waals surface area contributed by atoms with Gasteiger partial charge >= 0.3 is 0 Å². The Morgan fingerprint density at radius 2 is 1.68 bits per heavy atom. The molecule has 0 radical (unpaired) electrons. The van der Waals surface area contributed by atoms with Crippen LogP contribution in [0.3, 0.4) is 0 Å². The first kappa shape index (κ1) is 15.3. The van der Waals surface area contributed by atoms with Crippen LogP contribution in [-0.4, -0.2) is 16.8 Å². The number of hydrogen-bond donors (Lipinski definition) is 2. The lowest BCUT2D eigenvalue weighted by Gasteiger charge is -2.11. The van der Waals surface area contributed by atoms with Gasteiger partial charge in [0.05, 0.1) is 0 Å². The number of ether oxygens (including phenoxy) is 2. The zero-order chi connectivity index (χ0) is 17.2. The molecule has 0 bridgehead atoms. The van der Waals surface area contributed by atoms with Crippen LogP contribution in [0.1, 0.15) is 11.3 Å². The third-order valence-electron chi connectivity index (χ3n) is 3.77. The Hall–Kier alpha value is -3.28. The average molecular weight is 334 g/mol. The van der Waals surface area contributed by atoms with Gasteiger partial charge in [0.2, 0.25) is 12.7 Å². The van der Waals surface area contributed by atoms with Crippen LogP contribution in [0, 0.1) is 13.8 Å². The Labute approximate surface area is 145 Å². The largest absolute Gasteiger partial charge is 0.454 e. The molecule has 6 heteroatoms. The van der Waals surface area contributed by atoms with Crippen molar-refractivity contribution in [1.29, 1.82) is 0 Å². The standard InChI is InChI=1S/C19H18N4O2/c1-12-4-3-5-14(8-12)21-18-9-13(2)20-19(23-18)22-15-6-7-16-17(10-15)25-11-24-16/h3-10H,11H2,1-2H3,(H2,20,21,22,23). The molecule has 0 spiro atoms. The van der Waals surface area contributed by atoms with Crippen LogP contribution in [0.4, 0.5) is 23.1 Å². The van der Waals surface area contributed by atoms with E-state index in [0.29, 0.717) is 5.95 Å². The Morgan fingerprint density at radius 3 is 2.56 bits per heavy atom. The van der Waals surface area contributed by atoms with Crippen molar-refractivity contribution >= 4 is 23.1 Å². The Kier molecular flexibility index (Phi) is 3.85. The van der Waals surface area contributed by atoms with Crippen molar-refractivity contribution in [3.8, 4) is 11.5 Å². The van der Waals surface area contributed by atoms with Gasteiger partial charge < -0.3 is 20.1 Å². The van der Waals surface area contributed by atoms with E-state index in [4.69, 9.17) is 9.47 Å². The van der Waals surface area contributed by atoms with E-state index < -0.39 is 0 Å². The zero-order valence-corrected chi connectivity index (χ0v) is 14.0. The highest BCUT2D eigenvalue weighted by Crippen LogP contribution is 2.34. The number of fused-ring (bicyclic) bond motifs is 1. The highest BCUT2D eigenvalue weighted by Gasteiger charge is 2.13. The zero-order valence-electron chi connectivity index (χ0n) is 14.0. The molecule has 2 aromatic carbocycles. The fraction of sp³-hybridized carbons (Fsp3) is 0.158. The summed E-state index contributed by atoms with van der Waals surface area (Å²) >= 11 is 0. The minimum atomic E-state index is 0.254. The highest BCUT2D eigenvalue weighted by molar-refractivity contribution is 5.63. The molecule has 25 heavy (non-hydrogen) atoms. The maximum absolute atomic E-state index is 5.40. The van der Waals surface area contributed by atoms with Crippen LogP contribution in [-0.2, 0) is 0 Å². The van der Waals surface area contributed by atoms with Crippen molar-refractivity contribution < 1.29 is 9.47 Å². The van der Waals surface area contributed by atoms with Gasteiger partial charge in [0, 0.05) is 29.2 Å². The Morgan fingerprint density at radius 1 is 0.840 bits per heavy atom. The molecule has 0 amide bonds. The molecule has 1 aromatic heterocycles. The SMILES string of the molecule is Cc1cccc(Nc2cc(C)nc(Nc3ccc4c(c3)OCO4)n2)c1. The summed E-state index contributed by atoms with van der Waals surface area (Å²) in [7, 11) is 0. The summed E-state index contributed by atoms with van der Waals surface area (Å²) in [5, 5.41) is 6.53. The van der Waals surface area contributed by atoms with E-state index in [1.807, 2.05) is 43.3 Å². The maximum atomic E-state index is 5.40. The lowest BCUT2D eigenvalue weighted by atomic mass is 10.2. The third-order valence-corrected chi connectivity index (χ3v) is 3.77. The molecule has 0 saturated heterocycles. The van der Waals surface area contributed by atoms with Crippen molar-refractivity contribution in [3.63, 3.8) is 0 Å². The van der Waals surface area contributed by atoms with E-state index in [-0.39, 0.29) is 6.79 Å². The van der Waals surface area contributed by atoms with Crippen molar-refractivity contribution in [2.24, 2.45) is 0 Å². The Balaban J connectivity index is 1.57. The van der Waals surface area contributed by atoms with Gasteiger partial charge in [-0.05, 0) is 43.7 Å². The topological polar surface area (TPSA) is 68.3 Å². The van der Waals surface area contributed by atoms with Gasteiger partial charge in [-0.2, -0.15) is 4.98 Å². The summed E-state index contributed by atoms with van der Waals surface area (Å²) in [5.74, 6) is 2.73. The maximum Gasteiger partial charge on any atom is 0.231 e. The second kappa shape index (κ2) is 6.32. The van der Waals surface area contributed by atoms with E-state index in [1.165, 1.54) is 5.56 Å². The van der Waals surface area contributed by atoms with E-state index in [2.05, 4.69) is 39.7 Å². The Bertz CT molecular complexity index is 927. The van der Waals surface area contributed by atoms with Crippen LogP contribution >= 0.6 is 0 Å². The summed E-state index contributed by atoms with van der Waals surface area (Å²) in [6, 6.07) is 15.7. The number of nitrogens with zero attached hydrogens (tertiary/aromatic N) is 2. The molecule has 1 aliphatic rings. The number of aromatic nitrogens is 2. The van der Waals surface area contributed by atoms with Crippen LogP contribution in [0.2, 0.25) is 0 Å². The molecule has 4 rings (SSSR count). The van der Waals surface area contributed by atoms with E-state index >= 15 is 0 Å². The van der Waals surface area contributed by atoms with Crippen molar-refractivity contribution in [3.05, 3.63) is 59.8 Å². The first-order valence-electron chi connectivity index (χ1n) is 8.02. The molecule has 2 heterocycles. The number of hydrogen-bond acceptors (Lipinski definition) is 6. The molecule has 126 valence electrons. The summed E-state index contributed by atoms with van der Waals surface area (Å²) in [6.45, 7) is 4.25. The first-order chi connectivity index (χ1) is 12.2.